The zero-order valence-corrected chi connectivity index (χ0v) is 13.4. The number of nitrogens with zero attached hydrogens (tertiary/aromatic N) is 2. The summed E-state index contributed by atoms with van der Waals surface area (Å²) in [6.07, 6.45) is 0.149. The zero-order valence-electron chi connectivity index (χ0n) is 12.6. The second-order valence-corrected chi connectivity index (χ2v) is 8.10. The maximum Gasteiger partial charge on any atom is 0.238 e. The van der Waals surface area contributed by atoms with Crippen molar-refractivity contribution in [3.63, 3.8) is 0 Å². The maximum atomic E-state index is 13.4. The van der Waals surface area contributed by atoms with Crippen molar-refractivity contribution in [3.8, 4) is 0 Å². The number of hydrogen-bond donors (Lipinski definition) is 1. The van der Waals surface area contributed by atoms with Gasteiger partial charge in [-0.2, -0.15) is 4.31 Å². The number of carbonyl (C=O) groups excluding carboxylic acids is 1. The molecule has 0 bridgehead atoms. The molecular formula is C15H19FN2O4S. The van der Waals surface area contributed by atoms with Gasteiger partial charge in [-0.05, 0) is 30.5 Å². The molecule has 0 saturated carbocycles. The normalized spacial score (nSPS) is 27.5. The van der Waals surface area contributed by atoms with Crippen LogP contribution in [0.15, 0.2) is 24.3 Å². The van der Waals surface area contributed by atoms with Crippen LogP contribution in [0.2, 0.25) is 0 Å². The number of rotatable bonds is 3. The van der Waals surface area contributed by atoms with Gasteiger partial charge < -0.3 is 10.0 Å². The van der Waals surface area contributed by atoms with Gasteiger partial charge in [0.15, 0.2) is 0 Å². The number of aliphatic hydroxyl groups excluding tert-OH is 1. The van der Waals surface area contributed by atoms with Gasteiger partial charge in [0.1, 0.15) is 5.82 Å². The summed E-state index contributed by atoms with van der Waals surface area (Å²) in [6, 6.07) is 5.49. The molecule has 2 fully saturated rings. The van der Waals surface area contributed by atoms with Crippen LogP contribution in [0.5, 0.6) is 0 Å². The Hall–Kier alpha value is -1.51. The molecular weight excluding hydrogens is 323 g/mol. The fourth-order valence-corrected chi connectivity index (χ4v) is 4.70. The molecule has 0 aromatic heterocycles. The molecule has 1 N–H and O–H groups in total. The third kappa shape index (κ3) is 3.39. The maximum absolute atomic E-state index is 13.4. The van der Waals surface area contributed by atoms with Crippen molar-refractivity contribution in [2.24, 2.45) is 0 Å². The lowest BCUT2D eigenvalue weighted by molar-refractivity contribution is -0.132. The van der Waals surface area contributed by atoms with Gasteiger partial charge in [-0.3, -0.25) is 4.79 Å². The highest BCUT2D eigenvalue weighted by atomic mass is 32.2. The molecule has 0 radical (unpaired) electrons. The van der Waals surface area contributed by atoms with Crippen LogP contribution in [0.1, 0.15) is 24.4 Å². The van der Waals surface area contributed by atoms with Gasteiger partial charge in [-0.1, -0.05) is 12.1 Å². The van der Waals surface area contributed by atoms with E-state index in [1.54, 1.807) is 12.1 Å². The molecule has 1 aromatic rings. The molecule has 6 nitrogen and oxygen atoms in total. The molecule has 2 atom stereocenters. The molecule has 1 amide bonds. The van der Waals surface area contributed by atoms with E-state index < -0.39 is 28.0 Å². The molecule has 2 aliphatic heterocycles. The molecule has 1 aromatic carbocycles. The van der Waals surface area contributed by atoms with Crippen LogP contribution in [0.25, 0.3) is 0 Å². The highest BCUT2D eigenvalue weighted by molar-refractivity contribution is 7.89. The van der Waals surface area contributed by atoms with E-state index in [9.17, 15) is 22.7 Å². The molecule has 2 saturated heterocycles. The number of β-amino-alcohol motifs (C(OH)–C–C–N with tert-alkyl or cyclic N) is 1. The molecule has 0 aliphatic carbocycles. The third-order valence-corrected chi connectivity index (χ3v) is 6.25. The van der Waals surface area contributed by atoms with Crippen LogP contribution in [-0.2, 0) is 14.8 Å². The summed E-state index contributed by atoms with van der Waals surface area (Å²) < 4.78 is 38.3. The summed E-state index contributed by atoms with van der Waals surface area (Å²) in [5, 5.41) is 9.89. The quantitative estimate of drug-likeness (QED) is 0.867. The molecule has 0 unspecified atom stereocenters. The fraction of sp³-hybridized carbons (Fsp3) is 0.533. The molecule has 0 spiro atoms. The number of amides is 1. The number of sulfonamides is 1. The van der Waals surface area contributed by atoms with Crippen molar-refractivity contribution in [1.29, 1.82) is 0 Å². The predicted octanol–water partition coefficient (Wildman–Crippen LogP) is 0.496. The van der Waals surface area contributed by atoms with Crippen LogP contribution >= 0.6 is 0 Å². The molecule has 8 heteroatoms. The van der Waals surface area contributed by atoms with E-state index in [2.05, 4.69) is 0 Å². The van der Waals surface area contributed by atoms with Crippen LogP contribution in [-0.4, -0.2) is 60.1 Å². The number of benzene rings is 1. The second kappa shape index (κ2) is 6.18. The SMILES string of the molecule is O=C(CN1CCCS1(=O)=O)N1C[C@@H](O)C[C@@H]1c1cccc(F)c1. The van der Waals surface area contributed by atoms with Crippen LogP contribution in [0, 0.1) is 5.82 Å². The van der Waals surface area contributed by atoms with E-state index in [1.807, 2.05) is 0 Å². The average molecular weight is 342 g/mol. The lowest BCUT2D eigenvalue weighted by Crippen LogP contribution is -2.41. The minimum atomic E-state index is -3.35. The fourth-order valence-electron chi connectivity index (χ4n) is 3.23. The first kappa shape index (κ1) is 16.4. The van der Waals surface area contributed by atoms with E-state index in [0.29, 0.717) is 24.9 Å². The summed E-state index contributed by atoms with van der Waals surface area (Å²) in [5.74, 6) is -0.698. The number of aliphatic hydroxyl groups is 1. The van der Waals surface area contributed by atoms with Crippen molar-refractivity contribution in [1.82, 2.24) is 9.21 Å². The van der Waals surface area contributed by atoms with Gasteiger partial charge in [0.2, 0.25) is 15.9 Å². The van der Waals surface area contributed by atoms with E-state index in [-0.39, 0.29) is 24.7 Å². The number of carbonyl (C=O) groups is 1. The Morgan fingerprint density at radius 2 is 2.17 bits per heavy atom. The summed E-state index contributed by atoms with van der Waals surface area (Å²) >= 11 is 0. The number of likely N-dealkylation sites (tertiary alicyclic amines) is 1. The minimum absolute atomic E-state index is 0.0657. The minimum Gasteiger partial charge on any atom is -0.391 e. The van der Waals surface area contributed by atoms with Crippen molar-refractivity contribution in [2.75, 3.05) is 25.4 Å². The Kier molecular flexibility index (Phi) is 4.39. The standard InChI is InChI=1S/C15H19FN2O4S/c16-12-4-1-3-11(7-12)14-8-13(19)9-18(14)15(20)10-17-5-2-6-23(17,21)22/h1,3-4,7,13-14,19H,2,5-6,8-10H2/t13-,14+/m0/s1. The molecule has 2 aliphatic rings. The van der Waals surface area contributed by atoms with Gasteiger partial charge in [-0.15, -0.1) is 0 Å². The highest BCUT2D eigenvalue weighted by Crippen LogP contribution is 2.32. The zero-order chi connectivity index (χ0) is 16.6. The van der Waals surface area contributed by atoms with E-state index in [0.717, 1.165) is 0 Å². The number of halogens is 1. The van der Waals surface area contributed by atoms with E-state index in [4.69, 9.17) is 0 Å². The van der Waals surface area contributed by atoms with Crippen LogP contribution in [0.3, 0.4) is 0 Å². The lowest BCUT2D eigenvalue weighted by Gasteiger charge is -2.26. The van der Waals surface area contributed by atoms with Crippen molar-refractivity contribution < 1.29 is 22.7 Å². The Morgan fingerprint density at radius 3 is 2.83 bits per heavy atom. The first-order valence-electron chi connectivity index (χ1n) is 7.57. The topological polar surface area (TPSA) is 77.9 Å². The molecule has 23 heavy (non-hydrogen) atoms. The van der Waals surface area contributed by atoms with Gasteiger partial charge >= 0.3 is 0 Å². The van der Waals surface area contributed by atoms with Crippen molar-refractivity contribution in [2.45, 2.75) is 25.0 Å². The van der Waals surface area contributed by atoms with Crippen molar-refractivity contribution in [3.05, 3.63) is 35.6 Å². The summed E-state index contributed by atoms with van der Waals surface area (Å²) in [5.41, 5.74) is 0.610. The largest absolute Gasteiger partial charge is 0.391 e. The Bertz CT molecular complexity index is 709. The number of hydrogen-bond acceptors (Lipinski definition) is 4. The monoisotopic (exact) mass is 342 g/mol. The molecule has 3 rings (SSSR count). The summed E-state index contributed by atoms with van der Waals surface area (Å²) in [7, 11) is -3.35. The average Bonchev–Trinajstić information content (AvgIpc) is 3.02. The van der Waals surface area contributed by atoms with Gasteiger partial charge in [0.25, 0.3) is 0 Å². The molecule has 126 valence electrons. The Balaban J connectivity index is 1.78. The first-order chi connectivity index (χ1) is 10.9. The van der Waals surface area contributed by atoms with E-state index in [1.165, 1.54) is 21.3 Å². The Morgan fingerprint density at radius 1 is 1.39 bits per heavy atom. The van der Waals surface area contributed by atoms with Crippen LogP contribution in [0.4, 0.5) is 4.39 Å². The second-order valence-electron chi connectivity index (χ2n) is 6.01. The van der Waals surface area contributed by atoms with Crippen molar-refractivity contribution >= 4 is 15.9 Å². The highest BCUT2D eigenvalue weighted by Gasteiger charge is 2.38. The van der Waals surface area contributed by atoms with Crippen LogP contribution < -0.4 is 0 Å². The van der Waals surface area contributed by atoms with E-state index >= 15 is 0 Å². The van der Waals surface area contributed by atoms with Gasteiger partial charge in [-0.25, -0.2) is 12.8 Å². The summed E-state index contributed by atoms with van der Waals surface area (Å²) in [4.78, 5) is 14.0. The Labute approximate surface area is 134 Å². The van der Waals surface area contributed by atoms with Gasteiger partial charge in [0.05, 0.1) is 24.4 Å². The van der Waals surface area contributed by atoms with Gasteiger partial charge in [0, 0.05) is 13.1 Å². The smallest absolute Gasteiger partial charge is 0.238 e. The first-order valence-corrected chi connectivity index (χ1v) is 9.18. The predicted molar refractivity (Wildman–Crippen MR) is 81.5 cm³/mol. The molecule has 2 heterocycles. The lowest BCUT2D eigenvalue weighted by atomic mass is 10.0. The third-order valence-electron chi connectivity index (χ3n) is 4.35. The summed E-state index contributed by atoms with van der Waals surface area (Å²) in [6.45, 7) is 0.254.